The monoisotopic (exact) mass is 377 g/mol. The van der Waals surface area contributed by atoms with E-state index in [-0.39, 0.29) is 10.3 Å². The third-order valence-electron chi connectivity index (χ3n) is 4.79. The molecule has 0 aliphatic carbocycles. The van der Waals surface area contributed by atoms with Gasteiger partial charge in [0.05, 0.1) is 0 Å². The molecule has 1 aliphatic rings. The Balaban J connectivity index is 2.22. The molecular weight excluding hydrogens is 357 g/mol. The minimum Gasteiger partial charge on any atom is -0.207 e. The molecule has 21 heavy (non-hydrogen) atoms. The number of halogens is 2. The summed E-state index contributed by atoms with van der Waals surface area (Å²) < 4.78 is 41.1. The van der Waals surface area contributed by atoms with Gasteiger partial charge in [0.25, 0.3) is 0 Å². The lowest BCUT2D eigenvalue weighted by Crippen LogP contribution is -2.42. The van der Waals surface area contributed by atoms with E-state index < -0.39 is 15.8 Å². The Labute approximate surface area is 134 Å². The van der Waals surface area contributed by atoms with Gasteiger partial charge in [-0.1, -0.05) is 42.6 Å². The van der Waals surface area contributed by atoms with Crippen LogP contribution in [0.25, 0.3) is 0 Å². The van der Waals surface area contributed by atoms with Crippen LogP contribution in [-0.4, -0.2) is 25.8 Å². The third-order valence-corrected chi connectivity index (χ3v) is 7.22. The van der Waals surface area contributed by atoms with Crippen molar-refractivity contribution < 1.29 is 12.8 Å². The molecule has 0 saturated carbocycles. The number of rotatable bonds is 4. The van der Waals surface area contributed by atoms with E-state index in [1.54, 1.807) is 6.07 Å². The summed E-state index contributed by atoms with van der Waals surface area (Å²) in [5, 5.41) is 0. The zero-order chi connectivity index (χ0) is 15.7. The molecule has 1 aromatic carbocycles. The SMILES string of the molecule is CCC1(CC)CCN(S(=O)(=O)c2ccc(Br)cc2F)CC1. The first-order chi connectivity index (χ1) is 9.84. The number of sulfonamides is 1. The van der Waals surface area contributed by atoms with Gasteiger partial charge in [-0.3, -0.25) is 0 Å². The van der Waals surface area contributed by atoms with Crippen LogP contribution in [0.4, 0.5) is 4.39 Å². The highest BCUT2D eigenvalue weighted by molar-refractivity contribution is 9.10. The zero-order valence-corrected chi connectivity index (χ0v) is 14.8. The molecule has 0 radical (unpaired) electrons. The van der Waals surface area contributed by atoms with E-state index in [0.29, 0.717) is 17.6 Å². The quantitative estimate of drug-likeness (QED) is 0.788. The lowest BCUT2D eigenvalue weighted by atomic mass is 9.75. The van der Waals surface area contributed by atoms with Gasteiger partial charge in [-0.05, 0) is 36.5 Å². The average molecular weight is 378 g/mol. The van der Waals surface area contributed by atoms with Gasteiger partial charge in [-0.2, -0.15) is 4.31 Å². The molecule has 0 aromatic heterocycles. The Morgan fingerprint density at radius 1 is 1.24 bits per heavy atom. The van der Waals surface area contributed by atoms with Crippen LogP contribution in [0.3, 0.4) is 0 Å². The van der Waals surface area contributed by atoms with Crippen LogP contribution in [0.15, 0.2) is 27.6 Å². The van der Waals surface area contributed by atoms with Gasteiger partial charge in [0, 0.05) is 17.6 Å². The summed E-state index contributed by atoms with van der Waals surface area (Å²) >= 11 is 3.14. The van der Waals surface area contributed by atoms with Crippen LogP contribution >= 0.6 is 15.9 Å². The van der Waals surface area contributed by atoms with Gasteiger partial charge < -0.3 is 0 Å². The molecule has 2 rings (SSSR count). The van der Waals surface area contributed by atoms with E-state index in [2.05, 4.69) is 29.8 Å². The number of hydrogen-bond donors (Lipinski definition) is 0. The van der Waals surface area contributed by atoms with Gasteiger partial charge >= 0.3 is 0 Å². The molecule has 0 spiro atoms. The molecule has 1 aromatic rings. The van der Waals surface area contributed by atoms with Crippen molar-refractivity contribution in [3.05, 3.63) is 28.5 Å². The van der Waals surface area contributed by atoms with E-state index in [0.717, 1.165) is 25.7 Å². The van der Waals surface area contributed by atoms with Crippen LogP contribution in [0.1, 0.15) is 39.5 Å². The molecule has 0 atom stereocenters. The maximum absolute atomic E-state index is 13.9. The molecule has 0 bridgehead atoms. The molecule has 1 saturated heterocycles. The second-order valence-corrected chi connectivity index (χ2v) is 8.51. The minimum absolute atomic E-state index is 0.230. The summed E-state index contributed by atoms with van der Waals surface area (Å²) in [6.07, 6.45) is 3.81. The second-order valence-electron chi connectivity index (χ2n) is 5.69. The van der Waals surface area contributed by atoms with Crippen molar-refractivity contribution in [2.45, 2.75) is 44.4 Å². The molecule has 3 nitrogen and oxygen atoms in total. The van der Waals surface area contributed by atoms with Crippen LogP contribution < -0.4 is 0 Å². The molecule has 0 unspecified atom stereocenters. The predicted octanol–water partition coefficient (Wildman–Crippen LogP) is 4.18. The van der Waals surface area contributed by atoms with Crippen LogP contribution in [0.5, 0.6) is 0 Å². The Bertz CT molecular complexity index is 604. The van der Waals surface area contributed by atoms with Crippen LogP contribution in [0.2, 0.25) is 0 Å². The molecule has 1 fully saturated rings. The number of benzene rings is 1. The van der Waals surface area contributed by atoms with Crippen molar-refractivity contribution >= 4 is 26.0 Å². The average Bonchev–Trinajstić information content (AvgIpc) is 2.47. The van der Waals surface area contributed by atoms with Crippen molar-refractivity contribution in [2.75, 3.05) is 13.1 Å². The molecule has 6 heteroatoms. The van der Waals surface area contributed by atoms with Crippen LogP contribution in [-0.2, 0) is 10.0 Å². The summed E-state index contributed by atoms with van der Waals surface area (Å²) in [6, 6.07) is 4.08. The molecule has 1 heterocycles. The number of hydrogen-bond acceptors (Lipinski definition) is 2. The summed E-state index contributed by atoms with van der Waals surface area (Å²) in [5.41, 5.74) is 0.240. The standard InChI is InChI=1S/C15H21BrFNO2S/c1-3-15(4-2)7-9-18(10-8-15)21(19,20)14-6-5-12(16)11-13(14)17/h5-6,11H,3-4,7-10H2,1-2H3. The van der Waals surface area contributed by atoms with E-state index >= 15 is 0 Å². The summed E-state index contributed by atoms with van der Waals surface area (Å²) in [5.74, 6) is -0.702. The Kier molecular flexibility index (Phi) is 5.11. The highest BCUT2D eigenvalue weighted by Gasteiger charge is 2.37. The first-order valence-electron chi connectivity index (χ1n) is 7.30. The molecule has 118 valence electrons. The molecule has 0 amide bonds. The van der Waals surface area contributed by atoms with E-state index in [9.17, 15) is 12.8 Å². The normalized spacial score (nSPS) is 19.6. The summed E-state index contributed by atoms with van der Waals surface area (Å²) in [6.45, 7) is 5.25. The topological polar surface area (TPSA) is 37.4 Å². The van der Waals surface area contributed by atoms with Gasteiger partial charge in [0.1, 0.15) is 10.7 Å². The second kappa shape index (κ2) is 6.34. The Hall–Kier alpha value is -0.460. The molecular formula is C15H21BrFNO2S. The van der Waals surface area contributed by atoms with Crippen molar-refractivity contribution in [3.8, 4) is 0 Å². The summed E-state index contributed by atoms with van der Waals surface area (Å²) in [4.78, 5) is -0.230. The summed E-state index contributed by atoms with van der Waals surface area (Å²) in [7, 11) is -3.74. The predicted molar refractivity (Wildman–Crippen MR) is 85.1 cm³/mol. The van der Waals surface area contributed by atoms with Gasteiger partial charge in [-0.25, -0.2) is 12.8 Å². The Morgan fingerprint density at radius 3 is 2.29 bits per heavy atom. The van der Waals surface area contributed by atoms with Crippen LogP contribution in [0, 0.1) is 11.2 Å². The van der Waals surface area contributed by atoms with Crippen molar-refractivity contribution in [1.29, 1.82) is 0 Å². The first kappa shape index (κ1) is 16.9. The lowest BCUT2D eigenvalue weighted by molar-refractivity contribution is 0.141. The highest BCUT2D eigenvalue weighted by Crippen LogP contribution is 2.39. The van der Waals surface area contributed by atoms with E-state index in [1.165, 1.54) is 16.4 Å². The van der Waals surface area contributed by atoms with E-state index in [4.69, 9.17) is 0 Å². The Morgan fingerprint density at radius 2 is 1.81 bits per heavy atom. The largest absolute Gasteiger partial charge is 0.245 e. The number of nitrogens with zero attached hydrogens (tertiary/aromatic N) is 1. The van der Waals surface area contributed by atoms with Crippen molar-refractivity contribution in [3.63, 3.8) is 0 Å². The maximum Gasteiger partial charge on any atom is 0.245 e. The minimum atomic E-state index is -3.74. The van der Waals surface area contributed by atoms with Gasteiger partial charge in [-0.15, -0.1) is 0 Å². The fourth-order valence-corrected chi connectivity index (χ4v) is 4.80. The zero-order valence-electron chi connectivity index (χ0n) is 12.4. The molecule has 0 N–H and O–H groups in total. The number of piperidine rings is 1. The highest BCUT2D eigenvalue weighted by atomic mass is 79.9. The fourth-order valence-electron chi connectivity index (χ4n) is 2.98. The maximum atomic E-state index is 13.9. The van der Waals surface area contributed by atoms with Crippen molar-refractivity contribution in [2.24, 2.45) is 5.41 Å². The van der Waals surface area contributed by atoms with Crippen molar-refractivity contribution in [1.82, 2.24) is 4.31 Å². The smallest absolute Gasteiger partial charge is 0.207 e. The van der Waals surface area contributed by atoms with E-state index in [1.807, 2.05) is 0 Å². The molecule has 1 aliphatic heterocycles. The fraction of sp³-hybridized carbons (Fsp3) is 0.600. The first-order valence-corrected chi connectivity index (χ1v) is 9.53. The van der Waals surface area contributed by atoms with Gasteiger partial charge in [0.2, 0.25) is 10.0 Å². The third kappa shape index (κ3) is 3.32. The lowest BCUT2D eigenvalue weighted by Gasteiger charge is -2.40. The van der Waals surface area contributed by atoms with Gasteiger partial charge in [0.15, 0.2) is 0 Å².